The monoisotopic (exact) mass is 576 g/mol. The smallest absolute Gasteiger partial charge is 0.410 e. The fourth-order valence-electron chi connectivity index (χ4n) is 5.63. The molecule has 41 heavy (non-hydrogen) atoms. The number of aromatic carboxylic acids is 1. The number of rotatable bonds is 6. The van der Waals surface area contributed by atoms with Crippen LogP contribution >= 0.6 is 11.3 Å². The topological polar surface area (TPSA) is 96.4 Å². The molecule has 1 atom stereocenters. The third-order valence-corrected chi connectivity index (χ3v) is 8.57. The summed E-state index contributed by atoms with van der Waals surface area (Å²) < 4.78 is 11.7. The Morgan fingerprint density at radius 1 is 0.976 bits per heavy atom. The Hall–Kier alpha value is -3.85. The van der Waals surface area contributed by atoms with E-state index in [-0.39, 0.29) is 30.0 Å². The molecule has 2 aliphatic rings. The van der Waals surface area contributed by atoms with E-state index in [1.807, 2.05) is 45.0 Å². The average Bonchev–Trinajstić information content (AvgIpc) is 3.44. The summed E-state index contributed by atoms with van der Waals surface area (Å²) in [5.41, 5.74) is 3.93. The van der Waals surface area contributed by atoms with Crippen LogP contribution in [0.1, 0.15) is 71.6 Å². The molecular weight excluding hydrogens is 540 g/mol. The number of carbonyl (C=O) groups is 3. The van der Waals surface area contributed by atoms with E-state index in [1.165, 1.54) is 0 Å². The van der Waals surface area contributed by atoms with Crippen molar-refractivity contribution < 1.29 is 29.0 Å². The first-order valence-corrected chi connectivity index (χ1v) is 14.8. The summed E-state index contributed by atoms with van der Waals surface area (Å²) in [6.07, 6.45) is 1.45. The van der Waals surface area contributed by atoms with E-state index in [4.69, 9.17) is 9.47 Å². The van der Waals surface area contributed by atoms with Gasteiger partial charge in [-0.3, -0.25) is 4.90 Å². The minimum Gasteiger partial charge on any atom is -0.477 e. The zero-order chi connectivity index (χ0) is 29.1. The number of fused-ring (bicyclic) bond motifs is 3. The molecule has 0 radical (unpaired) electrons. The van der Waals surface area contributed by atoms with Gasteiger partial charge in [0.2, 0.25) is 0 Å². The molecule has 216 valence electrons. The third-order valence-electron chi connectivity index (χ3n) is 7.51. The van der Waals surface area contributed by atoms with Crippen molar-refractivity contribution in [2.24, 2.45) is 0 Å². The lowest BCUT2D eigenvalue weighted by Crippen LogP contribution is -2.48. The molecule has 0 bridgehead atoms. The molecule has 3 aromatic rings. The van der Waals surface area contributed by atoms with E-state index in [2.05, 4.69) is 24.3 Å². The Morgan fingerprint density at radius 3 is 2.24 bits per heavy atom. The number of thiophene rings is 1. The van der Waals surface area contributed by atoms with Crippen molar-refractivity contribution in [3.05, 3.63) is 81.5 Å². The van der Waals surface area contributed by atoms with Crippen molar-refractivity contribution >= 4 is 29.5 Å². The molecule has 5 rings (SSSR count). The van der Waals surface area contributed by atoms with Gasteiger partial charge in [0.05, 0.1) is 12.6 Å². The van der Waals surface area contributed by atoms with Crippen LogP contribution in [0.4, 0.5) is 9.59 Å². The van der Waals surface area contributed by atoms with Gasteiger partial charge in [0.1, 0.15) is 17.1 Å². The number of carboxylic acid groups (broad SMARTS) is 1. The quantitative estimate of drug-likeness (QED) is 0.340. The number of likely N-dealkylation sites (tertiary alicyclic amines) is 1. The number of hydrogen-bond donors (Lipinski definition) is 1. The van der Waals surface area contributed by atoms with Gasteiger partial charge in [0.15, 0.2) is 0 Å². The fraction of sp³-hybridized carbons (Fsp3) is 0.406. The van der Waals surface area contributed by atoms with Crippen molar-refractivity contribution in [2.75, 3.05) is 19.7 Å². The summed E-state index contributed by atoms with van der Waals surface area (Å²) in [6, 6.07) is 19.4. The minimum absolute atomic E-state index is 0.0825. The predicted octanol–water partition coefficient (Wildman–Crippen LogP) is 6.99. The molecule has 9 heteroatoms. The maximum Gasteiger partial charge on any atom is 0.410 e. The number of nitrogens with zero attached hydrogens (tertiary/aromatic N) is 2. The Balaban J connectivity index is 1.38. The lowest BCUT2D eigenvalue weighted by atomic mass is 9.98. The van der Waals surface area contributed by atoms with E-state index in [1.54, 1.807) is 21.9 Å². The number of amides is 2. The Labute approximate surface area is 244 Å². The van der Waals surface area contributed by atoms with Gasteiger partial charge in [0.25, 0.3) is 0 Å². The molecule has 1 unspecified atom stereocenters. The Kier molecular flexibility index (Phi) is 8.35. The van der Waals surface area contributed by atoms with Crippen LogP contribution in [0.2, 0.25) is 0 Å². The number of carboxylic acids is 1. The lowest BCUT2D eigenvalue weighted by Gasteiger charge is -2.34. The molecule has 1 N–H and O–H groups in total. The standard InChI is InChI=1S/C32H36N2O6S/c1-32(2,3)40-30(37)33-17-9-8-10-21(18-33)34(19-22-15-16-28(41-22)29(35)36)31(38)39-20-27-25-13-6-4-11-23(25)24-12-5-7-14-26(24)27/h4-7,11-16,21,27H,8-10,17-20H2,1-3H3,(H,35,36). The first-order valence-electron chi connectivity index (χ1n) is 14.0. The van der Waals surface area contributed by atoms with E-state index in [0.29, 0.717) is 19.5 Å². The molecule has 8 nitrogen and oxygen atoms in total. The third kappa shape index (κ3) is 6.56. The second-order valence-corrected chi connectivity index (χ2v) is 12.7. The summed E-state index contributed by atoms with van der Waals surface area (Å²) in [5.74, 6) is -1.08. The molecule has 1 aliphatic carbocycles. The van der Waals surface area contributed by atoms with E-state index >= 15 is 0 Å². The second kappa shape index (κ2) is 11.9. The van der Waals surface area contributed by atoms with E-state index < -0.39 is 23.8 Å². The zero-order valence-corrected chi connectivity index (χ0v) is 24.5. The van der Waals surface area contributed by atoms with Crippen molar-refractivity contribution in [1.82, 2.24) is 9.80 Å². The SMILES string of the molecule is CC(C)(C)OC(=O)N1CCCCC(N(Cc2ccc(C(=O)O)s2)C(=O)OCC2c3ccccc3-c3ccccc32)C1. The summed E-state index contributed by atoms with van der Waals surface area (Å²) in [7, 11) is 0. The van der Waals surface area contributed by atoms with Gasteiger partial charge in [-0.05, 0) is 74.4 Å². The molecule has 1 fully saturated rings. The first-order chi connectivity index (χ1) is 19.6. The molecule has 1 aliphatic heterocycles. The van der Waals surface area contributed by atoms with Crippen LogP contribution in [0.5, 0.6) is 0 Å². The van der Waals surface area contributed by atoms with E-state index in [9.17, 15) is 19.5 Å². The molecule has 1 aromatic heterocycles. The lowest BCUT2D eigenvalue weighted by molar-refractivity contribution is 0.0188. The molecular formula is C32H36N2O6S. The molecule has 1 saturated heterocycles. The van der Waals surface area contributed by atoms with E-state index in [0.717, 1.165) is 51.3 Å². The number of benzene rings is 2. The molecule has 2 aromatic carbocycles. The summed E-state index contributed by atoms with van der Waals surface area (Å²) in [5, 5.41) is 9.43. The summed E-state index contributed by atoms with van der Waals surface area (Å²) in [6.45, 7) is 6.74. The van der Waals surface area contributed by atoms with Crippen LogP contribution in [0.15, 0.2) is 60.7 Å². The number of hydrogen-bond acceptors (Lipinski definition) is 6. The second-order valence-electron chi connectivity index (χ2n) is 11.6. The number of carbonyl (C=O) groups excluding carboxylic acids is 2. The maximum absolute atomic E-state index is 13.8. The van der Waals surface area contributed by atoms with Crippen LogP contribution in [-0.2, 0) is 16.0 Å². The van der Waals surface area contributed by atoms with Gasteiger partial charge in [-0.15, -0.1) is 11.3 Å². The van der Waals surface area contributed by atoms with Crippen molar-refractivity contribution in [2.45, 2.75) is 64.1 Å². The largest absolute Gasteiger partial charge is 0.477 e. The van der Waals surface area contributed by atoms with Gasteiger partial charge < -0.3 is 19.5 Å². The molecule has 0 spiro atoms. The highest BCUT2D eigenvalue weighted by Gasteiger charge is 2.34. The Morgan fingerprint density at radius 2 is 1.63 bits per heavy atom. The molecule has 2 heterocycles. The number of ether oxygens (including phenoxy) is 2. The van der Waals surface area contributed by atoms with Crippen LogP contribution in [-0.4, -0.2) is 64.4 Å². The van der Waals surface area contributed by atoms with Crippen LogP contribution in [0, 0.1) is 0 Å². The summed E-state index contributed by atoms with van der Waals surface area (Å²) >= 11 is 1.14. The minimum atomic E-state index is -1.00. The van der Waals surface area contributed by atoms with Gasteiger partial charge in [-0.1, -0.05) is 48.5 Å². The average molecular weight is 577 g/mol. The highest BCUT2D eigenvalue weighted by molar-refractivity contribution is 7.13. The molecule has 2 amide bonds. The predicted molar refractivity (Wildman–Crippen MR) is 157 cm³/mol. The van der Waals surface area contributed by atoms with Crippen molar-refractivity contribution in [3.63, 3.8) is 0 Å². The van der Waals surface area contributed by atoms with Gasteiger partial charge >= 0.3 is 18.2 Å². The molecule has 0 saturated carbocycles. The Bertz CT molecular complexity index is 1380. The van der Waals surface area contributed by atoms with Crippen LogP contribution in [0.3, 0.4) is 0 Å². The highest BCUT2D eigenvalue weighted by Crippen LogP contribution is 2.44. The zero-order valence-electron chi connectivity index (χ0n) is 23.7. The normalized spacial score (nSPS) is 16.9. The van der Waals surface area contributed by atoms with Crippen LogP contribution < -0.4 is 0 Å². The van der Waals surface area contributed by atoms with Crippen LogP contribution in [0.25, 0.3) is 11.1 Å². The van der Waals surface area contributed by atoms with Crippen molar-refractivity contribution in [3.8, 4) is 11.1 Å². The highest BCUT2D eigenvalue weighted by atomic mass is 32.1. The summed E-state index contributed by atoms with van der Waals surface area (Å²) in [4.78, 5) is 42.6. The van der Waals surface area contributed by atoms with Crippen molar-refractivity contribution in [1.29, 1.82) is 0 Å². The van der Waals surface area contributed by atoms with Gasteiger partial charge in [-0.25, -0.2) is 14.4 Å². The fourth-order valence-corrected chi connectivity index (χ4v) is 6.48. The van der Waals surface area contributed by atoms with Gasteiger partial charge in [-0.2, -0.15) is 0 Å². The maximum atomic E-state index is 13.8. The first kappa shape index (κ1) is 28.7. The van der Waals surface area contributed by atoms with Gasteiger partial charge in [0, 0.05) is 23.9 Å².